The Morgan fingerprint density at radius 1 is 0.946 bits per heavy atom. The number of benzene rings is 3. The van der Waals surface area contributed by atoms with Crippen LogP contribution in [0.5, 0.6) is 5.75 Å². The summed E-state index contributed by atoms with van der Waals surface area (Å²) < 4.78 is 5.18. The molecule has 1 aliphatic heterocycles. The van der Waals surface area contributed by atoms with Gasteiger partial charge in [-0.3, -0.25) is 14.4 Å². The number of hydrogen-bond acceptors (Lipinski definition) is 7. The third-order valence-corrected chi connectivity index (χ3v) is 5.70. The van der Waals surface area contributed by atoms with Crippen LogP contribution in [-0.4, -0.2) is 35.4 Å². The molecule has 4 rings (SSSR count). The van der Waals surface area contributed by atoms with Crippen molar-refractivity contribution in [3.8, 4) is 5.75 Å². The number of ether oxygens (including phenoxy) is 1. The molecule has 10 heteroatoms. The molecule has 0 aliphatic carbocycles. The number of anilines is 3. The Morgan fingerprint density at radius 2 is 1.68 bits per heavy atom. The van der Waals surface area contributed by atoms with E-state index in [1.54, 1.807) is 36.4 Å². The van der Waals surface area contributed by atoms with E-state index in [1.165, 1.54) is 36.4 Å². The van der Waals surface area contributed by atoms with Crippen molar-refractivity contribution in [1.29, 1.82) is 0 Å². The van der Waals surface area contributed by atoms with E-state index in [0.29, 0.717) is 23.4 Å². The Kier molecular flexibility index (Phi) is 7.55. The lowest BCUT2D eigenvalue weighted by molar-refractivity contribution is -0.120. The predicted octanol–water partition coefficient (Wildman–Crippen LogP) is 4.65. The van der Waals surface area contributed by atoms with Gasteiger partial charge in [0.1, 0.15) is 16.5 Å². The molecule has 0 aromatic heterocycles. The van der Waals surface area contributed by atoms with Crippen molar-refractivity contribution in [2.24, 2.45) is 0 Å². The van der Waals surface area contributed by atoms with Crippen LogP contribution in [0.3, 0.4) is 0 Å². The summed E-state index contributed by atoms with van der Waals surface area (Å²) in [4.78, 5) is 51.9. The van der Waals surface area contributed by atoms with E-state index in [9.17, 15) is 24.3 Å². The van der Waals surface area contributed by atoms with Gasteiger partial charge in [0.25, 0.3) is 17.7 Å². The molecule has 0 fully saturated rings. The quantitative estimate of drug-likeness (QED) is 0.292. The molecule has 0 atom stereocenters. The SMILES string of the molecule is CCCOC(=O)c1ccccc1N1C(=O)C(Cl)=C(Nc2ccc(C(=O)Nc3cccc(O)c3)cc2)C1=O. The van der Waals surface area contributed by atoms with Gasteiger partial charge in [0, 0.05) is 23.0 Å². The molecule has 3 aromatic rings. The fourth-order valence-electron chi connectivity index (χ4n) is 3.58. The fourth-order valence-corrected chi connectivity index (χ4v) is 3.79. The van der Waals surface area contributed by atoms with Gasteiger partial charge in [-0.1, -0.05) is 36.7 Å². The van der Waals surface area contributed by atoms with E-state index in [-0.39, 0.29) is 34.3 Å². The van der Waals surface area contributed by atoms with Gasteiger partial charge in [0.2, 0.25) is 0 Å². The summed E-state index contributed by atoms with van der Waals surface area (Å²) in [5, 5.41) is 14.7. The summed E-state index contributed by atoms with van der Waals surface area (Å²) in [6, 6.07) is 18.4. The number of halogens is 1. The zero-order chi connectivity index (χ0) is 26.5. The zero-order valence-electron chi connectivity index (χ0n) is 19.7. The average molecular weight is 520 g/mol. The average Bonchev–Trinajstić information content (AvgIpc) is 3.10. The normalized spacial score (nSPS) is 13.1. The van der Waals surface area contributed by atoms with Crippen LogP contribution in [-0.2, 0) is 14.3 Å². The van der Waals surface area contributed by atoms with Gasteiger partial charge in [-0.25, -0.2) is 9.69 Å². The van der Waals surface area contributed by atoms with E-state index in [1.807, 2.05) is 6.92 Å². The molecular formula is C27H22ClN3O6. The minimum Gasteiger partial charge on any atom is -0.508 e. The van der Waals surface area contributed by atoms with Gasteiger partial charge in [-0.2, -0.15) is 0 Å². The number of phenols is 1. The number of para-hydroxylation sites is 1. The molecule has 0 unspecified atom stereocenters. The Hall–Kier alpha value is -4.63. The first-order valence-corrected chi connectivity index (χ1v) is 11.7. The molecule has 1 aliphatic rings. The van der Waals surface area contributed by atoms with Gasteiger partial charge in [0.05, 0.1) is 17.9 Å². The van der Waals surface area contributed by atoms with E-state index in [0.717, 1.165) is 4.90 Å². The molecule has 0 spiro atoms. The molecule has 9 nitrogen and oxygen atoms in total. The summed E-state index contributed by atoms with van der Waals surface area (Å²) >= 11 is 6.22. The lowest BCUT2D eigenvalue weighted by Crippen LogP contribution is -2.33. The van der Waals surface area contributed by atoms with Crippen molar-refractivity contribution in [1.82, 2.24) is 0 Å². The minimum absolute atomic E-state index is 0.0211. The Bertz CT molecular complexity index is 1420. The summed E-state index contributed by atoms with van der Waals surface area (Å²) in [5.41, 5.74) is 1.11. The number of aromatic hydroxyl groups is 1. The highest BCUT2D eigenvalue weighted by Gasteiger charge is 2.40. The van der Waals surface area contributed by atoms with Crippen LogP contribution in [0.15, 0.2) is 83.5 Å². The largest absolute Gasteiger partial charge is 0.508 e. The second-order valence-electron chi connectivity index (χ2n) is 7.99. The Balaban J connectivity index is 1.50. The maximum absolute atomic E-state index is 13.2. The van der Waals surface area contributed by atoms with E-state index in [4.69, 9.17) is 16.3 Å². The highest BCUT2D eigenvalue weighted by atomic mass is 35.5. The number of amides is 3. The van der Waals surface area contributed by atoms with E-state index >= 15 is 0 Å². The van der Waals surface area contributed by atoms with Crippen molar-refractivity contribution in [3.63, 3.8) is 0 Å². The van der Waals surface area contributed by atoms with Crippen LogP contribution in [0.25, 0.3) is 0 Å². The number of nitrogens with one attached hydrogen (secondary N) is 2. The Labute approximate surface area is 217 Å². The molecular weight excluding hydrogens is 498 g/mol. The number of esters is 1. The van der Waals surface area contributed by atoms with Crippen LogP contribution >= 0.6 is 11.6 Å². The number of hydrogen-bond donors (Lipinski definition) is 3. The van der Waals surface area contributed by atoms with Crippen LogP contribution < -0.4 is 15.5 Å². The van der Waals surface area contributed by atoms with Crippen molar-refractivity contribution < 1.29 is 29.0 Å². The first-order valence-electron chi connectivity index (χ1n) is 11.3. The summed E-state index contributed by atoms with van der Waals surface area (Å²) in [7, 11) is 0. The maximum atomic E-state index is 13.2. The number of carbonyl (C=O) groups is 4. The second-order valence-corrected chi connectivity index (χ2v) is 8.37. The molecule has 0 saturated carbocycles. The highest BCUT2D eigenvalue weighted by Crippen LogP contribution is 2.32. The monoisotopic (exact) mass is 519 g/mol. The first kappa shape index (κ1) is 25.5. The Morgan fingerprint density at radius 3 is 2.38 bits per heavy atom. The molecule has 188 valence electrons. The molecule has 0 radical (unpaired) electrons. The number of nitrogens with zero attached hydrogens (tertiary/aromatic N) is 1. The number of carbonyl (C=O) groups excluding carboxylic acids is 4. The van der Waals surface area contributed by atoms with Crippen LogP contribution in [0.1, 0.15) is 34.1 Å². The minimum atomic E-state index is -0.785. The van der Waals surface area contributed by atoms with E-state index in [2.05, 4.69) is 10.6 Å². The van der Waals surface area contributed by atoms with Crippen molar-refractivity contribution in [3.05, 3.63) is 94.7 Å². The summed E-state index contributed by atoms with van der Waals surface area (Å²) in [6.45, 7) is 2.05. The smallest absolute Gasteiger partial charge is 0.340 e. The first-order chi connectivity index (χ1) is 17.8. The van der Waals surface area contributed by atoms with Gasteiger partial charge < -0.3 is 20.5 Å². The van der Waals surface area contributed by atoms with Crippen molar-refractivity contribution >= 4 is 52.4 Å². The zero-order valence-corrected chi connectivity index (χ0v) is 20.4. The molecule has 37 heavy (non-hydrogen) atoms. The maximum Gasteiger partial charge on any atom is 0.340 e. The number of phenolic OH excluding ortho intramolecular Hbond substituents is 1. The van der Waals surface area contributed by atoms with Crippen LogP contribution in [0.4, 0.5) is 17.1 Å². The molecule has 3 aromatic carbocycles. The lowest BCUT2D eigenvalue weighted by Gasteiger charge is -2.18. The molecule has 0 bridgehead atoms. The molecule has 3 N–H and O–H groups in total. The number of rotatable bonds is 8. The fraction of sp³-hybridized carbons (Fsp3) is 0.111. The molecule has 3 amide bonds. The van der Waals surface area contributed by atoms with Gasteiger partial charge in [0.15, 0.2) is 0 Å². The van der Waals surface area contributed by atoms with Crippen molar-refractivity contribution in [2.45, 2.75) is 13.3 Å². The third-order valence-electron chi connectivity index (χ3n) is 5.35. The van der Waals surface area contributed by atoms with Crippen LogP contribution in [0, 0.1) is 0 Å². The van der Waals surface area contributed by atoms with Gasteiger partial charge >= 0.3 is 5.97 Å². The number of imide groups is 1. The summed E-state index contributed by atoms with van der Waals surface area (Å²) in [5.74, 6) is -2.56. The predicted molar refractivity (Wildman–Crippen MR) is 139 cm³/mol. The van der Waals surface area contributed by atoms with Crippen molar-refractivity contribution in [2.75, 3.05) is 22.1 Å². The molecule has 0 saturated heterocycles. The third kappa shape index (κ3) is 5.46. The second kappa shape index (κ2) is 11.0. The summed E-state index contributed by atoms with van der Waals surface area (Å²) in [6.07, 6.45) is 0.618. The van der Waals surface area contributed by atoms with Gasteiger partial charge in [-0.15, -0.1) is 0 Å². The van der Waals surface area contributed by atoms with E-state index < -0.39 is 23.7 Å². The molecule has 1 heterocycles. The lowest BCUT2D eigenvalue weighted by atomic mass is 10.1. The topological polar surface area (TPSA) is 125 Å². The van der Waals surface area contributed by atoms with Gasteiger partial charge in [-0.05, 0) is 55.0 Å². The highest BCUT2D eigenvalue weighted by molar-refractivity contribution is 6.53. The van der Waals surface area contributed by atoms with Crippen LogP contribution in [0.2, 0.25) is 0 Å². The standard InChI is InChI=1S/C27H22ClN3O6/c1-2-14-37-27(36)20-8-3-4-9-21(20)31-25(34)22(28)23(26(31)35)29-17-12-10-16(11-13-17)24(33)30-18-6-5-7-19(32)15-18/h3-13,15,29,32H,2,14H2,1H3,(H,30,33).